The van der Waals surface area contributed by atoms with Gasteiger partial charge in [0.1, 0.15) is 6.61 Å². The molecular weight excluding hydrogens is 396 g/mol. The van der Waals surface area contributed by atoms with Crippen molar-refractivity contribution in [3.8, 4) is 0 Å². The summed E-state index contributed by atoms with van der Waals surface area (Å²) in [7, 11) is 0. The van der Waals surface area contributed by atoms with Gasteiger partial charge in [0.15, 0.2) is 18.2 Å². The number of fused-ring (bicyclic) bond motifs is 2. The van der Waals surface area contributed by atoms with E-state index in [0.717, 1.165) is 25.7 Å². The Balaban J connectivity index is 1.39. The van der Waals surface area contributed by atoms with Crippen LogP contribution < -0.4 is 0 Å². The summed E-state index contributed by atoms with van der Waals surface area (Å²) in [6, 6.07) is 0. The van der Waals surface area contributed by atoms with Crippen molar-refractivity contribution in [2.24, 2.45) is 23.7 Å². The van der Waals surface area contributed by atoms with Gasteiger partial charge in [-0.2, -0.15) is 0 Å². The van der Waals surface area contributed by atoms with E-state index in [1.165, 1.54) is 0 Å². The number of carbonyl (C=O) groups is 2. The molecule has 0 aromatic heterocycles. The lowest BCUT2D eigenvalue weighted by atomic mass is 9.58. The van der Waals surface area contributed by atoms with Crippen molar-refractivity contribution >= 4 is 11.9 Å². The third-order valence-corrected chi connectivity index (χ3v) is 7.27. The smallest absolute Gasteiger partial charge is 0.306 e. The van der Waals surface area contributed by atoms with E-state index in [0.29, 0.717) is 11.8 Å². The lowest BCUT2D eigenvalue weighted by Gasteiger charge is -2.60. The normalized spacial score (nSPS) is 44.8. The number of carboxylic acids is 1. The van der Waals surface area contributed by atoms with Crippen LogP contribution in [-0.2, 0) is 38.3 Å². The van der Waals surface area contributed by atoms with Crippen molar-refractivity contribution in [3.63, 3.8) is 0 Å². The Morgan fingerprint density at radius 2 is 1.87 bits per heavy atom. The van der Waals surface area contributed by atoms with Gasteiger partial charge >= 0.3 is 11.9 Å². The fourth-order valence-corrected chi connectivity index (χ4v) is 5.66. The molecule has 5 fully saturated rings. The van der Waals surface area contributed by atoms with E-state index < -0.39 is 35.9 Å². The Bertz CT molecular complexity index is 669. The molecule has 0 amide bonds. The molecule has 1 N–H and O–H groups in total. The van der Waals surface area contributed by atoms with Crippen LogP contribution in [0.15, 0.2) is 0 Å². The Morgan fingerprint density at radius 1 is 1.07 bits per heavy atom. The minimum absolute atomic E-state index is 0.0450. The Labute approximate surface area is 176 Å². The van der Waals surface area contributed by atoms with Gasteiger partial charge in [-0.1, -0.05) is 13.8 Å². The maximum Gasteiger partial charge on any atom is 0.306 e. The van der Waals surface area contributed by atoms with Gasteiger partial charge in [-0.25, -0.2) is 9.78 Å². The zero-order valence-corrected chi connectivity index (χ0v) is 17.8. The molecule has 0 aromatic rings. The predicted octanol–water partition coefficient (Wildman–Crippen LogP) is 2.62. The monoisotopic (exact) mass is 428 g/mol. The molecule has 1 aliphatic carbocycles. The van der Waals surface area contributed by atoms with E-state index in [1.807, 2.05) is 6.92 Å². The van der Waals surface area contributed by atoms with E-state index in [-0.39, 0.29) is 37.9 Å². The number of hydrogen-bond acceptors (Lipinski definition) is 8. The molecule has 0 unspecified atom stereocenters. The molecule has 5 aliphatic rings. The van der Waals surface area contributed by atoms with Crippen molar-refractivity contribution in [2.45, 2.75) is 83.3 Å². The van der Waals surface area contributed by atoms with Crippen molar-refractivity contribution in [2.75, 3.05) is 13.2 Å². The zero-order valence-electron chi connectivity index (χ0n) is 17.8. The van der Waals surface area contributed by atoms with Gasteiger partial charge < -0.3 is 24.1 Å². The molecule has 4 heterocycles. The summed E-state index contributed by atoms with van der Waals surface area (Å²) in [5, 5.41) is 8.62. The summed E-state index contributed by atoms with van der Waals surface area (Å²) in [5.41, 5.74) is -0.629. The predicted molar refractivity (Wildman–Crippen MR) is 101 cm³/mol. The van der Waals surface area contributed by atoms with Crippen LogP contribution in [0, 0.1) is 23.7 Å². The van der Waals surface area contributed by atoms with Gasteiger partial charge in [0.25, 0.3) is 0 Å². The molecule has 1 spiro atoms. The highest BCUT2D eigenvalue weighted by atomic mass is 17.3. The van der Waals surface area contributed by atoms with Crippen LogP contribution in [0.25, 0.3) is 0 Å². The molecule has 170 valence electrons. The number of carboxylic acid groups (broad SMARTS) is 1. The van der Waals surface area contributed by atoms with Gasteiger partial charge in [0.05, 0.1) is 19.4 Å². The number of esters is 1. The molecule has 9 nitrogen and oxygen atoms in total. The molecule has 0 aromatic carbocycles. The van der Waals surface area contributed by atoms with Crippen molar-refractivity contribution in [1.82, 2.24) is 0 Å². The average molecular weight is 428 g/mol. The second-order valence-corrected chi connectivity index (χ2v) is 9.26. The first kappa shape index (κ1) is 22.0. The van der Waals surface area contributed by atoms with Crippen LogP contribution in [-0.4, -0.2) is 54.2 Å². The number of carbonyl (C=O) groups excluding carboxylic acids is 1. The van der Waals surface area contributed by atoms with E-state index in [4.69, 9.17) is 33.8 Å². The first-order valence-electron chi connectivity index (χ1n) is 10.9. The molecule has 2 bridgehead atoms. The van der Waals surface area contributed by atoms with Crippen molar-refractivity contribution in [3.05, 3.63) is 0 Å². The molecule has 0 radical (unpaired) electrons. The molecule has 4 saturated heterocycles. The number of rotatable bonds is 7. The summed E-state index contributed by atoms with van der Waals surface area (Å²) in [4.78, 5) is 34.0. The minimum atomic E-state index is -1.03. The summed E-state index contributed by atoms with van der Waals surface area (Å²) in [6.07, 6.45) is 2.34. The summed E-state index contributed by atoms with van der Waals surface area (Å²) >= 11 is 0. The molecular formula is C21H32O9. The minimum Gasteiger partial charge on any atom is -0.481 e. The van der Waals surface area contributed by atoms with E-state index in [2.05, 4.69) is 13.8 Å². The molecule has 1 saturated carbocycles. The van der Waals surface area contributed by atoms with Crippen LogP contribution in [0.5, 0.6) is 0 Å². The number of ether oxygens (including phenoxy) is 4. The lowest BCUT2D eigenvalue weighted by molar-refractivity contribution is -0.577. The standard InChI is InChI=1S/C21H32O9/c1-12-4-5-15-13(2)18(26-11-10-25-17(24)7-6-16(22)23)27-19-21(15)14(12)8-9-20(3,28-19)29-30-21/h12-15,18-19H,4-11H2,1-3H3,(H,22,23)/t12-,13-,14+,15+,18+,19-,20+,21-/m1/s1. The van der Waals surface area contributed by atoms with Crippen LogP contribution in [0.2, 0.25) is 0 Å². The maximum absolute atomic E-state index is 11.6. The van der Waals surface area contributed by atoms with Gasteiger partial charge in [0.2, 0.25) is 5.79 Å². The summed E-state index contributed by atoms with van der Waals surface area (Å²) in [5.74, 6) is -1.40. The van der Waals surface area contributed by atoms with Crippen LogP contribution >= 0.6 is 0 Å². The molecule has 30 heavy (non-hydrogen) atoms. The Kier molecular flexibility index (Phi) is 6.11. The largest absolute Gasteiger partial charge is 0.481 e. The average Bonchev–Trinajstić information content (AvgIpc) is 2.93. The topological polar surface area (TPSA) is 110 Å². The molecule has 5 rings (SSSR count). The Morgan fingerprint density at radius 3 is 2.63 bits per heavy atom. The molecule has 4 aliphatic heterocycles. The van der Waals surface area contributed by atoms with Crippen LogP contribution in [0.3, 0.4) is 0 Å². The number of aliphatic carboxylic acids is 1. The third-order valence-electron chi connectivity index (χ3n) is 7.27. The Hall–Kier alpha value is -1.26. The molecule has 8 atom stereocenters. The van der Waals surface area contributed by atoms with E-state index in [1.54, 1.807) is 0 Å². The van der Waals surface area contributed by atoms with E-state index >= 15 is 0 Å². The quantitative estimate of drug-likeness (QED) is 0.372. The lowest BCUT2D eigenvalue weighted by Crippen LogP contribution is -2.70. The van der Waals surface area contributed by atoms with Crippen LogP contribution in [0.4, 0.5) is 0 Å². The van der Waals surface area contributed by atoms with Gasteiger partial charge in [0, 0.05) is 18.3 Å². The first-order chi connectivity index (χ1) is 14.2. The fourth-order valence-electron chi connectivity index (χ4n) is 5.66. The maximum atomic E-state index is 11.6. The van der Waals surface area contributed by atoms with Gasteiger partial charge in [-0.05, 0) is 38.0 Å². The summed E-state index contributed by atoms with van der Waals surface area (Å²) < 4.78 is 23.5. The highest BCUT2D eigenvalue weighted by Gasteiger charge is 2.69. The summed E-state index contributed by atoms with van der Waals surface area (Å²) in [6.45, 7) is 6.44. The number of hydrogen-bond donors (Lipinski definition) is 1. The second-order valence-electron chi connectivity index (χ2n) is 9.26. The highest BCUT2D eigenvalue weighted by molar-refractivity contribution is 5.76. The van der Waals surface area contributed by atoms with Gasteiger partial charge in [-0.3, -0.25) is 9.59 Å². The van der Waals surface area contributed by atoms with E-state index in [9.17, 15) is 9.59 Å². The van der Waals surface area contributed by atoms with Gasteiger partial charge in [-0.15, -0.1) is 0 Å². The zero-order chi connectivity index (χ0) is 21.5. The highest BCUT2D eigenvalue weighted by Crippen LogP contribution is 2.60. The first-order valence-corrected chi connectivity index (χ1v) is 10.9. The third kappa shape index (κ3) is 3.86. The second kappa shape index (κ2) is 8.35. The SMILES string of the molecule is C[C@H]1[C@@H](OCCOC(=O)CCC(=O)O)O[C@@H]2O[C@]3(C)CC[C@H]4[C@H](C)CC[C@@H]1[C@@]24OO3. The van der Waals surface area contributed by atoms with Crippen molar-refractivity contribution < 1.29 is 43.4 Å². The van der Waals surface area contributed by atoms with Crippen LogP contribution in [0.1, 0.15) is 59.3 Å². The fraction of sp³-hybridized carbons (Fsp3) is 0.905. The van der Waals surface area contributed by atoms with Crippen molar-refractivity contribution in [1.29, 1.82) is 0 Å². The molecule has 9 heteroatoms.